The Morgan fingerprint density at radius 2 is 2.38 bits per heavy atom. The Labute approximate surface area is 94.9 Å². The Morgan fingerprint density at radius 3 is 2.88 bits per heavy atom. The van der Waals surface area contributed by atoms with Crippen molar-refractivity contribution in [3.63, 3.8) is 0 Å². The minimum atomic E-state index is -0.0214. The fourth-order valence-electron chi connectivity index (χ4n) is 1.91. The number of hydrogen-bond donors (Lipinski definition) is 1. The van der Waals surface area contributed by atoms with Crippen molar-refractivity contribution < 1.29 is 9.90 Å². The van der Waals surface area contributed by atoms with Crippen molar-refractivity contribution in [1.82, 2.24) is 9.88 Å². The van der Waals surface area contributed by atoms with Gasteiger partial charge in [-0.1, -0.05) is 0 Å². The normalized spacial score (nSPS) is 15.6. The topological polar surface area (TPSA) is 53.4 Å². The molecule has 4 heteroatoms. The molecule has 16 heavy (non-hydrogen) atoms. The molecule has 1 saturated carbocycles. The third-order valence-electron chi connectivity index (χ3n) is 3.03. The number of carbonyl (C=O) groups is 1. The molecule has 1 heterocycles. The molecule has 1 aliphatic rings. The number of rotatable bonds is 4. The van der Waals surface area contributed by atoms with Gasteiger partial charge in [-0.15, -0.1) is 0 Å². The molecule has 0 bridgehead atoms. The van der Waals surface area contributed by atoms with E-state index in [4.69, 9.17) is 5.11 Å². The molecule has 1 fully saturated rings. The highest BCUT2D eigenvalue weighted by Gasteiger charge is 2.28. The first-order chi connectivity index (χ1) is 7.83. The fourth-order valence-corrected chi connectivity index (χ4v) is 1.91. The van der Waals surface area contributed by atoms with Gasteiger partial charge in [-0.2, -0.15) is 0 Å². The monoisotopic (exact) mass is 220 g/mol. The van der Waals surface area contributed by atoms with Gasteiger partial charge in [0.2, 0.25) is 0 Å². The Bertz CT molecular complexity index is 349. The van der Waals surface area contributed by atoms with Crippen LogP contribution in [0.3, 0.4) is 0 Å². The van der Waals surface area contributed by atoms with Crippen LogP contribution in [0.1, 0.15) is 29.6 Å². The molecular formula is C12H16N2O2. The number of hydrogen-bond acceptors (Lipinski definition) is 3. The maximum Gasteiger partial charge on any atom is 0.255 e. The summed E-state index contributed by atoms with van der Waals surface area (Å²) < 4.78 is 0. The second kappa shape index (κ2) is 5.07. The molecule has 0 saturated heterocycles. The van der Waals surface area contributed by atoms with Crippen LogP contribution in [0, 0.1) is 0 Å². The highest BCUT2D eigenvalue weighted by atomic mass is 16.3. The summed E-state index contributed by atoms with van der Waals surface area (Å²) >= 11 is 0. The minimum Gasteiger partial charge on any atom is -0.395 e. The molecule has 0 aliphatic heterocycles. The summed E-state index contributed by atoms with van der Waals surface area (Å²) in [6.45, 7) is 0.431. The molecule has 1 N–H and O–H groups in total. The number of carbonyl (C=O) groups excluding carboxylic acids is 1. The molecular weight excluding hydrogens is 204 g/mol. The van der Waals surface area contributed by atoms with Gasteiger partial charge in [-0.25, -0.2) is 0 Å². The molecule has 0 unspecified atom stereocenters. The van der Waals surface area contributed by atoms with Gasteiger partial charge in [0, 0.05) is 25.0 Å². The lowest BCUT2D eigenvalue weighted by atomic mass is 9.91. The third-order valence-corrected chi connectivity index (χ3v) is 3.03. The van der Waals surface area contributed by atoms with Crippen LogP contribution in [0.2, 0.25) is 0 Å². The largest absolute Gasteiger partial charge is 0.395 e. The molecule has 1 aromatic heterocycles. The maximum absolute atomic E-state index is 12.1. The first-order valence-corrected chi connectivity index (χ1v) is 5.65. The molecule has 4 nitrogen and oxygen atoms in total. The number of aromatic nitrogens is 1. The van der Waals surface area contributed by atoms with Crippen molar-refractivity contribution >= 4 is 5.91 Å². The Kier molecular flexibility index (Phi) is 3.51. The second-order valence-electron chi connectivity index (χ2n) is 4.05. The van der Waals surface area contributed by atoms with Gasteiger partial charge in [0.1, 0.15) is 0 Å². The minimum absolute atomic E-state index is 0.0164. The summed E-state index contributed by atoms with van der Waals surface area (Å²) in [6, 6.07) is 3.82. The summed E-state index contributed by atoms with van der Waals surface area (Å²) in [7, 11) is 0. The zero-order chi connectivity index (χ0) is 11.4. The van der Waals surface area contributed by atoms with Crippen molar-refractivity contribution in [3.8, 4) is 0 Å². The number of nitrogens with zero attached hydrogens (tertiary/aromatic N) is 2. The number of aliphatic hydroxyl groups is 1. The highest BCUT2D eigenvalue weighted by molar-refractivity contribution is 5.94. The van der Waals surface area contributed by atoms with Crippen LogP contribution >= 0.6 is 0 Å². The Hall–Kier alpha value is -1.42. The first-order valence-electron chi connectivity index (χ1n) is 5.65. The van der Waals surface area contributed by atoms with Crippen LogP contribution in [-0.4, -0.2) is 40.1 Å². The zero-order valence-corrected chi connectivity index (χ0v) is 9.17. The van der Waals surface area contributed by atoms with Gasteiger partial charge < -0.3 is 10.0 Å². The van der Waals surface area contributed by atoms with Crippen LogP contribution in [0.4, 0.5) is 0 Å². The van der Waals surface area contributed by atoms with E-state index in [0.29, 0.717) is 18.2 Å². The van der Waals surface area contributed by atoms with Gasteiger partial charge in [-0.05, 0) is 31.4 Å². The van der Waals surface area contributed by atoms with Crippen molar-refractivity contribution in [1.29, 1.82) is 0 Å². The molecule has 1 aliphatic carbocycles. The average molecular weight is 220 g/mol. The van der Waals surface area contributed by atoms with Crippen LogP contribution < -0.4 is 0 Å². The summed E-state index contributed by atoms with van der Waals surface area (Å²) in [6.07, 6.45) is 6.49. The van der Waals surface area contributed by atoms with E-state index < -0.39 is 0 Å². The Balaban J connectivity index is 2.10. The Morgan fingerprint density at radius 1 is 1.56 bits per heavy atom. The lowest BCUT2D eigenvalue weighted by Crippen LogP contribution is -2.45. The second-order valence-corrected chi connectivity index (χ2v) is 4.05. The predicted octanol–water partition coefficient (Wildman–Crippen LogP) is 1.07. The van der Waals surface area contributed by atoms with E-state index in [1.807, 2.05) is 0 Å². The lowest BCUT2D eigenvalue weighted by molar-refractivity contribution is 0.0525. The number of amides is 1. The zero-order valence-electron chi connectivity index (χ0n) is 9.17. The molecule has 0 spiro atoms. The van der Waals surface area contributed by atoms with E-state index in [-0.39, 0.29) is 12.5 Å². The molecule has 2 rings (SSSR count). The number of pyridine rings is 1. The first kappa shape index (κ1) is 11.1. The van der Waals surface area contributed by atoms with E-state index in [1.165, 1.54) is 6.42 Å². The van der Waals surface area contributed by atoms with Crippen molar-refractivity contribution in [3.05, 3.63) is 30.1 Å². The average Bonchev–Trinajstić information content (AvgIpc) is 2.26. The van der Waals surface area contributed by atoms with E-state index in [0.717, 1.165) is 12.8 Å². The highest BCUT2D eigenvalue weighted by Crippen LogP contribution is 2.25. The fraction of sp³-hybridized carbons (Fsp3) is 0.500. The molecule has 0 radical (unpaired) electrons. The molecule has 0 atom stereocenters. The quantitative estimate of drug-likeness (QED) is 0.825. The van der Waals surface area contributed by atoms with Crippen LogP contribution in [-0.2, 0) is 0 Å². The van der Waals surface area contributed by atoms with E-state index in [1.54, 1.807) is 29.4 Å². The van der Waals surface area contributed by atoms with Crippen molar-refractivity contribution in [2.24, 2.45) is 0 Å². The SMILES string of the molecule is O=C(c1cccnc1)N(CCO)C1CCC1. The molecule has 0 aromatic carbocycles. The van der Waals surface area contributed by atoms with Gasteiger partial charge in [0.25, 0.3) is 5.91 Å². The summed E-state index contributed by atoms with van der Waals surface area (Å²) in [5.74, 6) is -0.0214. The summed E-state index contributed by atoms with van der Waals surface area (Å²) in [5, 5.41) is 8.99. The summed E-state index contributed by atoms with van der Waals surface area (Å²) in [4.78, 5) is 17.8. The van der Waals surface area contributed by atoms with Crippen LogP contribution in [0.25, 0.3) is 0 Å². The van der Waals surface area contributed by atoms with Gasteiger partial charge >= 0.3 is 0 Å². The number of aliphatic hydroxyl groups excluding tert-OH is 1. The smallest absolute Gasteiger partial charge is 0.255 e. The van der Waals surface area contributed by atoms with Gasteiger partial charge in [0.15, 0.2) is 0 Å². The lowest BCUT2D eigenvalue weighted by Gasteiger charge is -2.37. The van der Waals surface area contributed by atoms with Crippen molar-refractivity contribution in [2.75, 3.05) is 13.2 Å². The molecule has 86 valence electrons. The standard InChI is InChI=1S/C12H16N2O2/c15-8-7-14(11-4-1-5-11)12(16)10-3-2-6-13-9-10/h2-3,6,9,11,15H,1,4-5,7-8H2. The third kappa shape index (κ3) is 2.22. The van der Waals surface area contributed by atoms with Crippen LogP contribution in [0.15, 0.2) is 24.5 Å². The van der Waals surface area contributed by atoms with E-state index in [2.05, 4.69) is 4.98 Å². The molecule has 1 amide bonds. The predicted molar refractivity (Wildman–Crippen MR) is 60.0 cm³/mol. The summed E-state index contributed by atoms with van der Waals surface area (Å²) in [5.41, 5.74) is 0.600. The van der Waals surface area contributed by atoms with Crippen molar-refractivity contribution in [2.45, 2.75) is 25.3 Å². The van der Waals surface area contributed by atoms with E-state index in [9.17, 15) is 4.79 Å². The van der Waals surface area contributed by atoms with Gasteiger partial charge in [0.05, 0.1) is 12.2 Å². The van der Waals surface area contributed by atoms with E-state index >= 15 is 0 Å². The molecule has 1 aromatic rings. The van der Waals surface area contributed by atoms with Crippen LogP contribution in [0.5, 0.6) is 0 Å². The maximum atomic E-state index is 12.1. The van der Waals surface area contributed by atoms with Gasteiger partial charge in [-0.3, -0.25) is 9.78 Å².